The van der Waals surface area contributed by atoms with Gasteiger partial charge in [-0.1, -0.05) is 25.2 Å². The van der Waals surface area contributed by atoms with E-state index in [0.717, 1.165) is 25.7 Å². The molecular weight excluding hydrogens is 296 g/mol. The number of ether oxygens (including phenoxy) is 1. The molecule has 0 bridgehead atoms. The van der Waals surface area contributed by atoms with Gasteiger partial charge in [-0.3, -0.25) is 9.78 Å². The van der Waals surface area contributed by atoms with Crippen molar-refractivity contribution in [3.05, 3.63) is 32.4 Å². The highest BCUT2D eigenvalue weighted by molar-refractivity contribution is 5.75. The van der Waals surface area contributed by atoms with Crippen LogP contribution in [0.3, 0.4) is 0 Å². The number of aryl methyl sites for hydroxylation is 1. The van der Waals surface area contributed by atoms with Gasteiger partial charge in [0.05, 0.1) is 0 Å². The van der Waals surface area contributed by atoms with E-state index in [2.05, 4.69) is 21.8 Å². The molecule has 1 aliphatic carbocycles. The lowest BCUT2D eigenvalue weighted by Gasteiger charge is -2.05. The van der Waals surface area contributed by atoms with Crippen LogP contribution in [0.5, 0.6) is 6.01 Å². The van der Waals surface area contributed by atoms with Gasteiger partial charge in [0.2, 0.25) is 5.71 Å². The van der Waals surface area contributed by atoms with Crippen LogP contribution in [0.15, 0.2) is 20.1 Å². The minimum Gasteiger partial charge on any atom is -0.451 e. The Bertz CT molecular complexity index is 881. The van der Waals surface area contributed by atoms with E-state index in [1.54, 1.807) is 0 Å². The van der Waals surface area contributed by atoms with Crippen molar-refractivity contribution in [3.63, 3.8) is 0 Å². The first-order chi connectivity index (χ1) is 11.2. The van der Waals surface area contributed by atoms with Gasteiger partial charge in [0.25, 0.3) is 5.56 Å². The van der Waals surface area contributed by atoms with Gasteiger partial charge in [0.1, 0.15) is 5.39 Å². The molecule has 0 amide bonds. The van der Waals surface area contributed by atoms with Crippen LogP contribution < -0.4 is 15.9 Å². The molecule has 1 N–H and O–H groups in total. The second-order valence-corrected chi connectivity index (χ2v) is 5.63. The third kappa shape index (κ3) is 3.81. The summed E-state index contributed by atoms with van der Waals surface area (Å²) in [5.74, 6) is 6.43. The van der Waals surface area contributed by atoms with Gasteiger partial charge >= 0.3 is 11.6 Å². The summed E-state index contributed by atoms with van der Waals surface area (Å²) in [4.78, 5) is 30.6. The Balaban J connectivity index is 1.89. The quantitative estimate of drug-likeness (QED) is 0.853. The van der Waals surface area contributed by atoms with Crippen molar-refractivity contribution in [3.8, 4) is 17.9 Å². The first-order valence-electron chi connectivity index (χ1n) is 7.85. The molecule has 0 unspecified atom stereocenters. The number of aromatic amines is 1. The molecule has 6 nitrogen and oxygen atoms in total. The zero-order chi connectivity index (χ0) is 16.2. The normalized spacial score (nSPS) is 13.6. The van der Waals surface area contributed by atoms with Crippen molar-refractivity contribution >= 4 is 11.1 Å². The molecule has 0 aliphatic heterocycles. The molecule has 2 aromatic heterocycles. The monoisotopic (exact) mass is 314 g/mol. The molecule has 2 aromatic rings. The minimum atomic E-state index is -0.513. The van der Waals surface area contributed by atoms with Crippen LogP contribution in [0, 0.1) is 17.8 Å². The molecule has 1 fully saturated rings. The van der Waals surface area contributed by atoms with Gasteiger partial charge in [0.15, 0.2) is 6.61 Å². The van der Waals surface area contributed by atoms with Crippen LogP contribution >= 0.6 is 0 Å². The van der Waals surface area contributed by atoms with E-state index in [0.29, 0.717) is 23.3 Å². The van der Waals surface area contributed by atoms with E-state index in [9.17, 15) is 9.59 Å². The summed E-state index contributed by atoms with van der Waals surface area (Å²) in [6.45, 7) is 2.19. The summed E-state index contributed by atoms with van der Waals surface area (Å²) in [7, 11) is 0. The fraction of sp³-hybridized carbons (Fsp3) is 0.471. The maximum Gasteiger partial charge on any atom is 0.337 e. The SMILES string of the molecule is CCCCc1cc(=O)oc2nc(OCC#CC3CC3)[nH]c(=O)c12. The maximum atomic E-state index is 12.3. The van der Waals surface area contributed by atoms with E-state index < -0.39 is 5.63 Å². The van der Waals surface area contributed by atoms with Crippen molar-refractivity contribution in [2.45, 2.75) is 39.0 Å². The second-order valence-electron chi connectivity index (χ2n) is 5.63. The molecule has 1 aliphatic rings. The molecule has 0 saturated heterocycles. The van der Waals surface area contributed by atoms with Crippen molar-refractivity contribution in [1.29, 1.82) is 0 Å². The highest BCUT2D eigenvalue weighted by atomic mass is 16.5. The largest absolute Gasteiger partial charge is 0.451 e. The van der Waals surface area contributed by atoms with Crippen LogP contribution in [0.1, 0.15) is 38.2 Å². The van der Waals surface area contributed by atoms with Crippen molar-refractivity contribution in [1.82, 2.24) is 9.97 Å². The predicted octanol–water partition coefficient (Wildman–Crippen LogP) is 2.01. The summed E-state index contributed by atoms with van der Waals surface area (Å²) in [5.41, 5.74) is -0.208. The van der Waals surface area contributed by atoms with E-state index >= 15 is 0 Å². The van der Waals surface area contributed by atoms with Gasteiger partial charge in [0, 0.05) is 12.0 Å². The number of fused-ring (bicyclic) bond motifs is 1. The average molecular weight is 314 g/mol. The van der Waals surface area contributed by atoms with Crippen molar-refractivity contribution in [2.75, 3.05) is 6.61 Å². The molecule has 1 saturated carbocycles. The molecular formula is C17H18N2O4. The smallest absolute Gasteiger partial charge is 0.337 e. The molecule has 0 atom stereocenters. The molecule has 0 spiro atoms. The Hall–Kier alpha value is -2.55. The topological polar surface area (TPSA) is 85.2 Å². The number of nitrogens with zero attached hydrogens (tertiary/aromatic N) is 1. The zero-order valence-electron chi connectivity index (χ0n) is 13.0. The fourth-order valence-electron chi connectivity index (χ4n) is 2.28. The number of H-pyrrole nitrogens is 1. The molecule has 2 heterocycles. The van der Waals surface area contributed by atoms with Gasteiger partial charge in [-0.05, 0) is 31.2 Å². The van der Waals surface area contributed by atoms with Gasteiger partial charge < -0.3 is 9.15 Å². The van der Waals surface area contributed by atoms with Gasteiger partial charge in [-0.2, -0.15) is 4.98 Å². The van der Waals surface area contributed by atoms with Gasteiger partial charge in [-0.25, -0.2) is 4.79 Å². The number of hydrogen-bond donors (Lipinski definition) is 1. The molecule has 0 radical (unpaired) electrons. The summed E-state index contributed by atoms with van der Waals surface area (Å²) in [6.07, 6.45) is 4.77. The standard InChI is InChI=1S/C17H18N2O4/c1-2-3-6-12-10-13(20)23-16-14(12)15(21)18-17(19-16)22-9-4-5-11-7-8-11/h10-11H,2-3,6-9H2,1H3,(H,18,19,21). The highest BCUT2D eigenvalue weighted by Gasteiger charge is 2.17. The maximum absolute atomic E-state index is 12.3. The van der Waals surface area contributed by atoms with E-state index in [-0.39, 0.29) is 23.9 Å². The first-order valence-corrected chi connectivity index (χ1v) is 7.85. The zero-order valence-corrected chi connectivity index (χ0v) is 13.0. The highest BCUT2D eigenvalue weighted by Crippen LogP contribution is 2.27. The van der Waals surface area contributed by atoms with Crippen LogP contribution in [0.2, 0.25) is 0 Å². The number of unbranched alkanes of at least 4 members (excludes halogenated alkanes) is 1. The first kappa shape index (κ1) is 15.3. The van der Waals surface area contributed by atoms with Crippen LogP contribution in [0.25, 0.3) is 11.1 Å². The summed E-state index contributed by atoms with van der Waals surface area (Å²) in [5, 5.41) is 0.314. The second kappa shape index (κ2) is 6.69. The number of hydrogen-bond acceptors (Lipinski definition) is 5. The number of aromatic nitrogens is 2. The Morgan fingerprint density at radius 1 is 1.43 bits per heavy atom. The number of nitrogens with one attached hydrogen (secondary N) is 1. The average Bonchev–Trinajstić information content (AvgIpc) is 3.32. The number of rotatable bonds is 5. The summed E-state index contributed by atoms with van der Waals surface area (Å²) < 4.78 is 10.4. The fourth-order valence-corrected chi connectivity index (χ4v) is 2.28. The third-order valence-electron chi connectivity index (χ3n) is 3.64. The molecule has 120 valence electrons. The minimum absolute atomic E-state index is 0.0116. The Morgan fingerprint density at radius 3 is 3.00 bits per heavy atom. The third-order valence-corrected chi connectivity index (χ3v) is 3.64. The lowest BCUT2D eigenvalue weighted by atomic mass is 10.1. The molecule has 23 heavy (non-hydrogen) atoms. The Morgan fingerprint density at radius 2 is 2.26 bits per heavy atom. The predicted molar refractivity (Wildman–Crippen MR) is 85.5 cm³/mol. The van der Waals surface area contributed by atoms with Crippen molar-refractivity contribution < 1.29 is 9.15 Å². The van der Waals surface area contributed by atoms with Crippen LogP contribution in [0.4, 0.5) is 0 Å². The van der Waals surface area contributed by atoms with E-state index in [1.807, 2.05) is 6.92 Å². The van der Waals surface area contributed by atoms with E-state index in [1.165, 1.54) is 6.07 Å². The summed E-state index contributed by atoms with van der Waals surface area (Å²) in [6, 6.07) is 1.37. The van der Waals surface area contributed by atoms with Gasteiger partial charge in [-0.15, -0.1) is 0 Å². The summed E-state index contributed by atoms with van der Waals surface area (Å²) >= 11 is 0. The molecule has 0 aromatic carbocycles. The lowest BCUT2D eigenvalue weighted by molar-refractivity contribution is 0.337. The Kier molecular flexibility index (Phi) is 4.47. The van der Waals surface area contributed by atoms with Crippen molar-refractivity contribution in [2.24, 2.45) is 5.92 Å². The molecule has 3 rings (SSSR count). The Labute approximate surface area is 132 Å². The molecule has 6 heteroatoms. The lowest BCUT2D eigenvalue weighted by Crippen LogP contribution is -2.15. The van der Waals surface area contributed by atoms with Crippen LogP contribution in [-0.4, -0.2) is 16.6 Å². The van der Waals surface area contributed by atoms with E-state index in [4.69, 9.17) is 9.15 Å². The van der Waals surface area contributed by atoms with Crippen LogP contribution in [-0.2, 0) is 6.42 Å².